The van der Waals surface area contributed by atoms with Crippen molar-refractivity contribution < 1.29 is 4.79 Å². The third-order valence-electron chi connectivity index (χ3n) is 2.65. The molecule has 2 fully saturated rings. The summed E-state index contributed by atoms with van der Waals surface area (Å²) in [6, 6.07) is 0. The van der Waals surface area contributed by atoms with E-state index >= 15 is 0 Å². The largest absolute Gasteiger partial charge is 0.309 e. The van der Waals surface area contributed by atoms with Gasteiger partial charge >= 0.3 is 0 Å². The molecule has 1 N–H and O–H groups in total. The van der Waals surface area contributed by atoms with E-state index in [-0.39, 0.29) is 5.41 Å². The van der Waals surface area contributed by atoms with E-state index in [1.54, 1.807) is 0 Å². The van der Waals surface area contributed by atoms with Crippen LogP contribution in [-0.4, -0.2) is 18.9 Å². The minimum absolute atomic E-state index is 0.125. The van der Waals surface area contributed by atoms with E-state index in [1.165, 1.54) is 6.42 Å². The molecule has 0 unspecified atom stereocenters. The van der Waals surface area contributed by atoms with Crippen molar-refractivity contribution in [2.75, 3.05) is 13.1 Å². The lowest BCUT2D eigenvalue weighted by atomic mass is 9.68. The molecule has 2 nitrogen and oxygen atoms in total. The molecule has 9 heavy (non-hydrogen) atoms. The SMILES string of the molecule is O=C1CNCC12CCC2. The molecule has 0 aromatic carbocycles. The highest BCUT2D eigenvalue weighted by Gasteiger charge is 2.46. The Balaban J connectivity index is 2.17. The lowest BCUT2D eigenvalue weighted by Gasteiger charge is -2.35. The summed E-state index contributed by atoms with van der Waals surface area (Å²) in [5.41, 5.74) is 0.125. The van der Waals surface area contributed by atoms with Gasteiger partial charge in [0.1, 0.15) is 0 Å². The first-order chi connectivity index (χ1) is 4.33. The average molecular weight is 125 g/mol. The molecule has 1 aliphatic heterocycles. The fourth-order valence-electron chi connectivity index (χ4n) is 1.76. The Kier molecular flexibility index (Phi) is 0.943. The Morgan fingerprint density at radius 3 is 2.44 bits per heavy atom. The van der Waals surface area contributed by atoms with Gasteiger partial charge in [0.25, 0.3) is 0 Å². The van der Waals surface area contributed by atoms with E-state index in [0.29, 0.717) is 12.3 Å². The Hall–Kier alpha value is -0.370. The minimum atomic E-state index is 0.125. The maximum absolute atomic E-state index is 11.1. The van der Waals surface area contributed by atoms with E-state index in [2.05, 4.69) is 5.32 Å². The van der Waals surface area contributed by atoms with Gasteiger partial charge in [-0.05, 0) is 12.8 Å². The zero-order valence-electron chi connectivity index (χ0n) is 5.44. The van der Waals surface area contributed by atoms with Crippen LogP contribution in [0.15, 0.2) is 0 Å². The van der Waals surface area contributed by atoms with Crippen molar-refractivity contribution in [3.8, 4) is 0 Å². The summed E-state index contributed by atoms with van der Waals surface area (Å²) in [6.07, 6.45) is 3.53. The van der Waals surface area contributed by atoms with Gasteiger partial charge in [0, 0.05) is 12.0 Å². The van der Waals surface area contributed by atoms with Gasteiger partial charge in [-0.3, -0.25) is 4.79 Å². The molecule has 1 saturated carbocycles. The summed E-state index contributed by atoms with van der Waals surface area (Å²) < 4.78 is 0. The van der Waals surface area contributed by atoms with Crippen molar-refractivity contribution >= 4 is 5.78 Å². The molecule has 0 radical (unpaired) electrons. The summed E-state index contributed by atoms with van der Waals surface area (Å²) in [5.74, 6) is 0.453. The fourth-order valence-corrected chi connectivity index (χ4v) is 1.76. The van der Waals surface area contributed by atoms with Gasteiger partial charge in [0.05, 0.1) is 6.54 Å². The van der Waals surface area contributed by atoms with E-state index in [9.17, 15) is 4.79 Å². The Labute approximate surface area is 54.6 Å². The molecule has 0 bridgehead atoms. The van der Waals surface area contributed by atoms with Crippen molar-refractivity contribution in [3.05, 3.63) is 0 Å². The van der Waals surface area contributed by atoms with Gasteiger partial charge in [0.2, 0.25) is 0 Å². The van der Waals surface area contributed by atoms with Crippen LogP contribution < -0.4 is 5.32 Å². The van der Waals surface area contributed by atoms with Crippen molar-refractivity contribution in [2.45, 2.75) is 19.3 Å². The maximum atomic E-state index is 11.1. The predicted molar refractivity (Wildman–Crippen MR) is 34.2 cm³/mol. The molecule has 1 heterocycles. The van der Waals surface area contributed by atoms with Gasteiger partial charge in [-0.1, -0.05) is 6.42 Å². The first kappa shape index (κ1) is 5.42. The molecule has 1 saturated heterocycles. The first-order valence-electron chi connectivity index (χ1n) is 3.58. The minimum Gasteiger partial charge on any atom is -0.309 e. The van der Waals surface area contributed by atoms with Crippen molar-refractivity contribution in [1.82, 2.24) is 5.32 Å². The lowest BCUT2D eigenvalue weighted by Crippen LogP contribution is -2.37. The van der Waals surface area contributed by atoms with Crippen LogP contribution in [0.1, 0.15) is 19.3 Å². The van der Waals surface area contributed by atoms with Crippen LogP contribution in [0.3, 0.4) is 0 Å². The van der Waals surface area contributed by atoms with Crippen molar-refractivity contribution in [1.29, 1.82) is 0 Å². The number of carbonyl (C=O) groups excluding carboxylic acids is 1. The molecule has 2 rings (SSSR count). The predicted octanol–water partition coefficient (Wildman–Crippen LogP) is 0.329. The molecule has 0 amide bonds. The summed E-state index contributed by atoms with van der Waals surface area (Å²) in [6.45, 7) is 1.58. The maximum Gasteiger partial charge on any atom is 0.154 e. The number of hydrogen-bond acceptors (Lipinski definition) is 2. The number of rotatable bonds is 0. The van der Waals surface area contributed by atoms with Crippen LogP contribution in [0.25, 0.3) is 0 Å². The van der Waals surface area contributed by atoms with Crippen LogP contribution in [0.5, 0.6) is 0 Å². The first-order valence-corrected chi connectivity index (χ1v) is 3.58. The second-order valence-electron chi connectivity index (χ2n) is 3.16. The standard InChI is InChI=1S/C7H11NO/c9-6-4-8-5-7(6)2-1-3-7/h8H,1-5H2. The quantitative estimate of drug-likeness (QED) is 0.505. The number of nitrogens with one attached hydrogen (secondary N) is 1. The van der Waals surface area contributed by atoms with Gasteiger partial charge in [-0.25, -0.2) is 0 Å². The Morgan fingerprint density at radius 2 is 2.22 bits per heavy atom. The summed E-state index contributed by atoms with van der Waals surface area (Å²) in [4.78, 5) is 11.1. The monoisotopic (exact) mass is 125 g/mol. The van der Waals surface area contributed by atoms with E-state index in [0.717, 1.165) is 19.4 Å². The van der Waals surface area contributed by atoms with Crippen LogP contribution in [0.2, 0.25) is 0 Å². The third kappa shape index (κ3) is 0.568. The van der Waals surface area contributed by atoms with Crippen molar-refractivity contribution in [2.24, 2.45) is 5.41 Å². The number of carbonyl (C=O) groups is 1. The molecular formula is C7H11NO. The smallest absolute Gasteiger partial charge is 0.154 e. The van der Waals surface area contributed by atoms with Crippen LogP contribution in [0, 0.1) is 5.41 Å². The molecular weight excluding hydrogens is 114 g/mol. The molecule has 1 spiro atoms. The second-order valence-corrected chi connectivity index (χ2v) is 3.16. The van der Waals surface area contributed by atoms with Gasteiger partial charge in [-0.2, -0.15) is 0 Å². The van der Waals surface area contributed by atoms with Gasteiger partial charge in [0.15, 0.2) is 5.78 Å². The normalized spacial score (nSPS) is 30.9. The molecule has 0 aromatic heterocycles. The molecule has 1 aliphatic carbocycles. The van der Waals surface area contributed by atoms with E-state index < -0.39 is 0 Å². The second kappa shape index (κ2) is 1.57. The molecule has 2 heteroatoms. The highest BCUT2D eigenvalue weighted by atomic mass is 16.1. The highest BCUT2D eigenvalue weighted by molar-refractivity contribution is 5.89. The fraction of sp³-hybridized carbons (Fsp3) is 0.857. The molecule has 2 aliphatic rings. The average Bonchev–Trinajstić information content (AvgIpc) is 2.07. The zero-order chi connectivity index (χ0) is 6.32. The number of ketones is 1. The lowest BCUT2D eigenvalue weighted by molar-refractivity contribution is -0.128. The van der Waals surface area contributed by atoms with Gasteiger partial charge < -0.3 is 5.32 Å². The van der Waals surface area contributed by atoms with Crippen LogP contribution >= 0.6 is 0 Å². The van der Waals surface area contributed by atoms with Gasteiger partial charge in [-0.15, -0.1) is 0 Å². The summed E-state index contributed by atoms with van der Waals surface area (Å²) in [7, 11) is 0. The third-order valence-corrected chi connectivity index (χ3v) is 2.65. The molecule has 0 aromatic rings. The molecule has 50 valence electrons. The molecule has 0 atom stereocenters. The van der Waals surface area contributed by atoms with E-state index in [4.69, 9.17) is 0 Å². The highest BCUT2D eigenvalue weighted by Crippen LogP contribution is 2.42. The van der Waals surface area contributed by atoms with Crippen LogP contribution in [-0.2, 0) is 4.79 Å². The topological polar surface area (TPSA) is 29.1 Å². The Morgan fingerprint density at radius 1 is 1.44 bits per heavy atom. The van der Waals surface area contributed by atoms with Crippen LogP contribution in [0.4, 0.5) is 0 Å². The summed E-state index contributed by atoms with van der Waals surface area (Å²) >= 11 is 0. The zero-order valence-corrected chi connectivity index (χ0v) is 5.44. The number of hydrogen-bond donors (Lipinski definition) is 1. The van der Waals surface area contributed by atoms with E-state index in [1.807, 2.05) is 0 Å². The van der Waals surface area contributed by atoms with Crippen molar-refractivity contribution in [3.63, 3.8) is 0 Å². The number of Topliss-reactive ketones (excluding diaryl/α,β-unsaturated/α-hetero) is 1. The summed E-state index contributed by atoms with van der Waals surface area (Å²) in [5, 5.41) is 3.12. The Bertz CT molecular complexity index is 149.